The highest BCUT2D eigenvalue weighted by Crippen LogP contribution is 2.46. The first-order chi connectivity index (χ1) is 12.4. The van der Waals surface area contributed by atoms with Crippen LogP contribution in [0.25, 0.3) is 11.1 Å². The van der Waals surface area contributed by atoms with Crippen LogP contribution in [0.15, 0.2) is 41.3 Å². The van der Waals surface area contributed by atoms with Crippen LogP contribution in [0.2, 0.25) is 0 Å². The zero-order valence-corrected chi connectivity index (χ0v) is 15.0. The Kier molecular flexibility index (Phi) is 6.29. The first kappa shape index (κ1) is 19.4. The van der Waals surface area contributed by atoms with Crippen LogP contribution in [-0.4, -0.2) is 21.5 Å². The molecule has 0 heterocycles. The minimum absolute atomic E-state index is 0.0404. The van der Waals surface area contributed by atoms with E-state index >= 15 is 0 Å². The number of rotatable bonds is 7. The van der Waals surface area contributed by atoms with Gasteiger partial charge in [0.2, 0.25) is 5.91 Å². The van der Waals surface area contributed by atoms with E-state index in [0.717, 1.165) is 6.42 Å². The van der Waals surface area contributed by atoms with Gasteiger partial charge in [-0.25, -0.2) is 0 Å². The molecule has 0 aliphatic heterocycles. The molecule has 136 valence electrons. The van der Waals surface area contributed by atoms with Crippen molar-refractivity contribution in [1.29, 1.82) is 0 Å². The number of benzene rings is 2. The monoisotopic (exact) mass is 375 g/mol. The van der Waals surface area contributed by atoms with Crippen LogP contribution in [0.3, 0.4) is 0 Å². The third kappa shape index (κ3) is 4.17. The first-order valence-electron chi connectivity index (χ1n) is 7.82. The van der Waals surface area contributed by atoms with Crippen molar-refractivity contribution in [2.24, 2.45) is 0 Å². The molecule has 0 aliphatic carbocycles. The maximum atomic E-state index is 11.6. The molecular formula is C17H17N3O5S. The first-order valence-corrected chi connectivity index (χ1v) is 8.81. The van der Waals surface area contributed by atoms with E-state index < -0.39 is 15.8 Å². The summed E-state index contributed by atoms with van der Waals surface area (Å²) >= 11 is 1.38. The van der Waals surface area contributed by atoms with Crippen LogP contribution < -0.4 is 5.32 Å². The SMILES string of the molecule is CCCSc1cccc([N+](=O)[O-])c1-c1c(NC(C)=O)cccc1[N+](=O)[O-]. The normalized spacial score (nSPS) is 10.4. The van der Waals surface area contributed by atoms with Gasteiger partial charge >= 0.3 is 0 Å². The second-order valence-electron chi connectivity index (χ2n) is 5.39. The number of carbonyl (C=O) groups excluding carboxylic acids is 1. The standard InChI is InChI=1S/C17H17N3O5S/c1-3-10-26-15-9-5-8-14(20(24)25)17(15)16-12(18-11(2)21)6-4-7-13(16)19(22)23/h4-9H,3,10H2,1-2H3,(H,18,21). The van der Waals surface area contributed by atoms with Gasteiger partial charge in [-0.3, -0.25) is 25.0 Å². The molecule has 0 bridgehead atoms. The molecule has 0 saturated heterocycles. The van der Waals surface area contributed by atoms with Gasteiger partial charge in [0.1, 0.15) is 0 Å². The number of nitro benzene ring substituents is 2. The maximum Gasteiger partial charge on any atom is 0.279 e. The number of nitro groups is 2. The Morgan fingerprint density at radius 3 is 2.15 bits per heavy atom. The molecule has 0 fully saturated rings. The topological polar surface area (TPSA) is 115 Å². The molecule has 0 radical (unpaired) electrons. The van der Waals surface area contributed by atoms with Crippen LogP contribution in [0.4, 0.5) is 17.1 Å². The molecular weight excluding hydrogens is 358 g/mol. The Hall–Kier alpha value is -2.94. The average molecular weight is 375 g/mol. The van der Waals surface area contributed by atoms with Crippen molar-refractivity contribution >= 4 is 34.7 Å². The molecule has 26 heavy (non-hydrogen) atoms. The highest BCUT2D eigenvalue weighted by molar-refractivity contribution is 7.99. The fourth-order valence-electron chi connectivity index (χ4n) is 2.50. The molecule has 0 spiro atoms. The lowest BCUT2D eigenvalue weighted by Gasteiger charge is -2.14. The summed E-state index contributed by atoms with van der Waals surface area (Å²) in [5.74, 6) is 0.276. The molecule has 9 heteroatoms. The van der Waals surface area contributed by atoms with Crippen LogP contribution >= 0.6 is 11.8 Å². The van der Waals surface area contributed by atoms with Gasteiger partial charge in [0.15, 0.2) is 0 Å². The Morgan fingerprint density at radius 2 is 1.62 bits per heavy atom. The zero-order chi connectivity index (χ0) is 19.3. The van der Waals surface area contributed by atoms with Gasteiger partial charge in [-0.2, -0.15) is 0 Å². The quantitative estimate of drug-likeness (QED) is 0.428. The van der Waals surface area contributed by atoms with Crippen LogP contribution in [-0.2, 0) is 4.79 Å². The van der Waals surface area contributed by atoms with Gasteiger partial charge in [0.05, 0.1) is 26.7 Å². The van der Waals surface area contributed by atoms with Crippen molar-refractivity contribution in [3.8, 4) is 11.1 Å². The minimum Gasteiger partial charge on any atom is -0.326 e. The van der Waals surface area contributed by atoms with E-state index in [1.807, 2.05) is 6.92 Å². The second kappa shape index (κ2) is 8.43. The van der Waals surface area contributed by atoms with Crippen molar-refractivity contribution < 1.29 is 14.6 Å². The van der Waals surface area contributed by atoms with Crippen LogP contribution in [0, 0.1) is 20.2 Å². The Morgan fingerprint density at radius 1 is 1.04 bits per heavy atom. The highest BCUT2D eigenvalue weighted by Gasteiger charge is 2.29. The van der Waals surface area contributed by atoms with E-state index in [1.54, 1.807) is 12.1 Å². The van der Waals surface area contributed by atoms with Gasteiger partial charge in [-0.05, 0) is 24.3 Å². The Balaban J connectivity index is 2.86. The van der Waals surface area contributed by atoms with E-state index in [2.05, 4.69) is 5.32 Å². The summed E-state index contributed by atoms with van der Waals surface area (Å²) in [5.41, 5.74) is -0.194. The van der Waals surface area contributed by atoms with Crippen molar-refractivity contribution in [1.82, 2.24) is 0 Å². The summed E-state index contributed by atoms with van der Waals surface area (Å²) < 4.78 is 0. The summed E-state index contributed by atoms with van der Waals surface area (Å²) in [4.78, 5) is 34.0. The van der Waals surface area contributed by atoms with Crippen molar-refractivity contribution in [2.75, 3.05) is 11.1 Å². The number of hydrogen-bond acceptors (Lipinski definition) is 6. The Labute approximate surface area is 153 Å². The van der Waals surface area contributed by atoms with Gasteiger partial charge in [0.25, 0.3) is 11.4 Å². The Bertz CT molecular complexity index is 869. The lowest BCUT2D eigenvalue weighted by Crippen LogP contribution is -2.09. The highest BCUT2D eigenvalue weighted by atomic mass is 32.2. The lowest BCUT2D eigenvalue weighted by molar-refractivity contribution is -0.386. The van der Waals surface area contributed by atoms with E-state index in [4.69, 9.17) is 0 Å². The predicted octanol–water partition coefficient (Wildman–Crippen LogP) is 4.63. The number of nitrogens with zero attached hydrogens (tertiary/aromatic N) is 2. The minimum atomic E-state index is -0.606. The molecule has 0 unspecified atom stereocenters. The third-order valence-corrected chi connectivity index (χ3v) is 4.73. The average Bonchev–Trinajstić information content (AvgIpc) is 2.58. The molecule has 0 aromatic heterocycles. The molecule has 0 atom stereocenters. The zero-order valence-electron chi connectivity index (χ0n) is 14.2. The van der Waals surface area contributed by atoms with E-state index in [0.29, 0.717) is 10.6 Å². The molecule has 2 rings (SSSR count). The van der Waals surface area contributed by atoms with E-state index in [9.17, 15) is 25.0 Å². The molecule has 2 aromatic rings. The third-order valence-electron chi connectivity index (χ3n) is 3.46. The van der Waals surface area contributed by atoms with Gasteiger partial charge in [0, 0.05) is 24.0 Å². The van der Waals surface area contributed by atoms with Crippen molar-refractivity contribution in [3.63, 3.8) is 0 Å². The van der Waals surface area contributed by atoms with Gasteiger partial charge < -0.3 is 5.32 Å². The van der Waals surface area contributed by atoms with E-state index in [1.165, 1.54) is 43.0 Å². The van der Waals surface area contributed by atoms with Crippen molar-refractivity contribution in [2.45, 2.75) is 25.2 Å². The maximum absolute atomic E-state index is 11.6. The summed E-state index contributed by atoms with van der Waals surface area (Å²) in [6, 6.07) is 8.74. The number of hydrogen-bond donors (Lipinski definition) is 1. The number of nitrogens with one attached hydrogen (secondary N) is 1. The number of carbonyl (C=O) groups is 1. The molecule has 8 nitrogen and oxygen atoms in total. The largest absolute Gasteiger partial charge is 0.326 e. The summed E-state index contributed by atoms with van der Waals surface area (Å²) in [7, 11) is 0. The van der Waals surface area contributed by atoms with Crippen LogP contribution in [0.1, 0.15) is 20.3 Å². The number of amides is 1. The fourth-order valence-corrected chi connectivity index (χ4v) is 3.45. The van der Waals surface area contributed by atoms with Gasteiger partial charge in [-0.15, -0.1) is 11.8 Å². The molecule has 1 amide bonds. The summed E-state index contributed by atoms with van der Waals surface area (Å²) in [6.45, 7) is 3.24. The molecule has 1 N–H and O–H groups in total. The van der Waals surface area contributed by atoms with Crippen LogP contribution in [0.5, 0.6) is 0 Å². The molecule has 0 saturated carbocycles. The predicted molar refractivity (Wildman–Crippen MR) is 101 cm³/mol. The second-order valence-corrected chi connectivity index (χ2v) is 6.53. The van der Waals surface area contributed by atoms with E-state index in [-0.39, 0.29) is 28.2 Å². The summed E-state index contributed by atoms with van der Waals surface area (Å²) in [5, 5.41) is 25.7. The number of anilines is 1. The van der Waals surface area contributed by atoms with Crippen molar-refractivity contribution in [3.05, 3.63) is 56.6 Å². The lowest BCUT2D eigenvalue weighted by atomic mass is 9.99. The van der Waals surface area contributed by atoms with Gasteiger partial charge in [-0.1, -0.05) is 19.1 Å². The fraction of sp³-hybridized carbons (Fsp3) is 0.235. The summed E-state index contributed by atoms with van der Waals surface area (Å²) in [6.07, 6.45) is 0.836. The number of thioether (sulfide) groups is 1. The molecule has 2 aromatic carbocycles. The smallest absolute Gasteiger partial charge is 0.279 e. The molecule has 0 aliphatic rings.